The highest BCUT2D eigenvalue weighted by Gasteiger charge is 2.30. The van der Waals surface area contributed by atoms with Crippen LogP contribution in [-0.2, 0) is 14.8 Å². The molecule has 150 valence electrons. The lowest BCUT2D eigenvalue weighted by Crippen LogP contribution is -2.50. The molecule has 0 saturated carbocycles. The van der Waals surface area contributed by atoms with Gasteiger partial charge in [0.25, 0.3) is 0 Å². The number of amides is 1. The van der Waals surface area contributed by atoms with Gasteiger partial charge in [-0.2, -0.15) is 4.31 Å². The molecule has 1 aromatic rings. The SMILES string of the molecule is O=C(CCCCC1CCSS1)N1CCN(S(=O)(=O)c2cccc(Br)c2)CC1. The molecule has 5 nitrogen and oxygen atoms in total. The first kappa shape index (κ1) is 21.5. The van der Waals surface area contributed by atoms with E-state index in [1.54, 1.807) is 24.3 Å². The summed E-state index contributed by atoms with van der Waals surface area (Å²) < 4.78 is 27.7. The van der Waals surface area contributed by atoms with E-state index < -0.39 is 10.0 Å². The highest BCUT2D eigenvalue weighted by atomic mass is 79.9. The first-order chi connectivity index (χ1) is 13.0. The molecule has 0 spiro atoms. The Labute approximate surface area is 178 Å². The molecule has 9 heteroatoms. The lowest BCUT2D eigenvalue weighted by molar-refractivity contribution is -0.132. The molecule has 0 aliphatic carbocycles. The van der Waals surface area contributed by atoms with Crippen molar-refractivity contribution in [1.29, 1.82) is 0 Å². The number of hydrogen-bond donors (Lipinski definition) is 0. The number of nitrogens with zero attached hydrogens (tertiary/aromatic N) is 2. The zero-order chi connectivity index (χ0) is 19.3. The van der Waals surface area contributed by atoms with Crippen LogP contribution in [0.25, 0.3) is 0 Å². The molecule has 1 aromatic carbocycles. The number of benzene rings is 1. The summed E-state index contributed by atoms with van der Waals surface area (Å²) >= 11 is 3.32. The van der Waals surface area contributed by atoms with Gasteiger partial charge in [0.15, 0.2) is 0 Å². The van der Waals surface area contributed by atoms with Crippen LogP contribution in [0, 0.1) is 0 Å². The van der Waals surface area contributed by atoms with Crippen molar-refractivity contribution >= 4 is 53.4 Å². The molecular weight excluding hydrogens is 468 g/mol. The average Bonchev–Trinajstić information content (AvgIpc) is 3.19. The van der Waals surface area contributed by atoms with Gasteiger partial charge in [-0.3, -0.25) is 4.79 Å². The summed E-state index contributed by atoms with van der Waals surface area (Å²) in [5.41, 5.74) is 0. The van der Waals surface area contributed by atoms with E-state index in [2.05, 4.69) is 15.9 Å². The molecule has 1 unspecified atom stereocenters. The number of sulfonamides is 1. The Kier molecular flexibility index (Phi) is 7.96. The molecule has 3 rings (SSSR count). The van der Waals surface area contributed by atoms with Crippen molar-refractivity contribution in [3.8, 4) is 0 Å². The van der Waals surface area contributed by atoms with Gasteiger partial charge in [0.1, 0.15) is 0 Å². The number of halogens is 1. The quantitative estimate of drug-likeness (QED) is 0.425. The maximum absolute atomic E-state index is 12.8. The van der Waals surface area contributed by atoms with Gasteiger partial charge in [-0.25, -0.2) is 8.42 Å². The minimum Gasteiger partial charge on any atom is -0.340 e. The third kappa shape index (κ3) is 5.88. The fraction of sp³-hybridized carbons (Fsp3) is 0.611. The normalized spacial score (nSPS) is 21.5. The summed E-state index contributed by atoms with van der Waals surface area (Å²) in [5, 5.41) is 0.761. The van der Waals surface area contributed by atoms with Crippen LogP contribution in [0.3, 0.4) is 0 Å². The van der Waals surface area contributed by atoms with Crippen molar-refractivity contribution in [2.75, 3.05) is 31.9 Å². The number of piperazine rings is 1. The molecule has 2 heterocycles. The largest absolute Gasteiger partial charge is 0.340 e. The Morgan fingerprint density at radius 3 is 2.63 bits per heavy atom. The van der Waals surface area contributed by atoms with Gasteiger partial charge in [0.2, 0.25) is 15.9 Å². The third-order valence-corrected chi connectivity index (χ3v) is 10.3. The molecule has 0 N–H and O–H groups in total. The van der Waals surface area contributed by atoms with Crippen molar-refractivity contribution in [2.24, 2.45) is 0 Å². The van der Waals surface area contributed by atoms with Gasteiger partial charge >= 0.3 is 0 Å². The Morgan fingerprint density at radius 1 is 1.19 bits per heavy atom. The first-order valence-electron chi connectivity index (χ1n) is 9.28. The number of carbonyl (C=O) groups excluding carboxylic acids is 1. The van der Waals surface area contributed by atoms with Crippen LogP contribution in [0.2, 0.25) is 0 Å². The van der Waals surface area contributed by atoms with Crippen LogP contribution >= 0.6 is 37.5 Å². The molecule has 1 atom stereocenters. The van der Waals surface area contributed by atoms with E-state index in [1.807, 2.05) is 26.5 Å². The monoisotopic (exact) mass is 492 g/mol. The Balaban J connectivity index is 1.43. The van der Waals surface area contributed by atoms with E-state index in [0.29, 0.717) is 37.5 Å². The van der Waals surface area contributed by atoms with Crippen LogP contribution in [0.5, 0.6) is 0 Å². The molecule has 0 radical (unpaired) electrons. The van der Waals surface area contributed by atoms with Crippen molar-refractivity contribution in [2.45, 2.75) is 42.2 Å². The smallest absolute Gasteiger partial charge is 0.243 e. The molecule has 2 fully saturated rings. The van der Waals surface area contributed by atoms with E-state index in [0.717, 1.165) is 22.6 Å². The molecule has 2 aliphatic rings. The van der Waals surface area contributed by atoms with Crippen LogP contribution in [0.4, 0.5) is 0 Å². The molecule has 2 saturated heterocycles. The van der Waals surface area contributed by atoms with Gasteiger partial charge in [-0.1, -0.05) is 50.0 Å². The second kappa shape index (κ2) is 10.0. The number of carbonyl (C=O) groups is 1. The Morgan fingerprint density at radius 2 is 1.96 bits per heavy atom. The minimum atomic E-state index is -3.50. The highest BCUT2D eigenvalue weighted by molar-refractivity contribution is 9.10. The van der Waals surface area contributed by atoms with Gasteiger partial charge < -0.3 is 4.90 Å². The second-order valence-electron chi connectivity index (χ2n) is 6.82. The average molecular weight is 494 g/mol. The highest BCUT2D eigenvalue weighted by Crippen LogP contribution is 2.39. The third-order valence-electron chi connectivity index (χ3n) is 4.92. The van der Waals surface area contributed by atoms with E-state index in [4.69, 9.17) is 0 Å². The van der Waals surface area contributed by atoms with Crippen molar-refractivity contribution in [3.63, 3.8) is 0 Å². The van der Waals surface area contributed by atoms with Crippen LogP contribution in [0.15, 0.2) is 33.6 Å². The fourth-order valence-electron chi connectivity index (χ4n) is 3.33. The maximum atomic E-state index is 12.8. The lowest BCUT2D eigenvalue weighted by Gasteiger charge is -2.34. The lowest BCUT2D eigenvalue weighted by atomic mass is 10.1. The van der Waals surface area contributed by atoms with Crippen molar-refractivity contribution in [1.82, 2.24) is 9.21 Å². The molecule has 27 heavy (non-hydrogen) atoms. The summed E-state index contributed by atoms with van der Waals surface area (Å²) in [5.74, 6) is 1.41. The topological polar surface area (TPSA) is 57.7 Å². The number of hydrogen-bond acceptors (Lipinski definition) is 5. The maximum Gasteiger partial charge on any atom is 0.243 e. The van der Waals surface area contributed by atoms with Gasteiger partial charge in [-0.05, 0) is 37.5 Å². The zero-order valence-corrected chi connectivity index (χ0v) is 19.2. The predicted octanol–water partition coefficient (Wildman–Crippen LogP) is 4.00. The summed E-state index contributed by atoms with van der Waals surface area (Å²) in [6.45, 7) is 1.66. The van der Waals surface area contributed by atoms with Crippen molar-refractivity contribution < 1.29 is 13.2 Å². The van der Waals surface area contributed by atoms with Gasteiger partial charge in [-0.15, -0.1) is 0 Å². The van der Waals surface area contributed by atoms with E-state index >= 15 is 0 Å². The number of unbranched alkanes of at least 4 members (excludes halogenated alkanes) is 1. The summed E-state index contributed by atoms with van der Waals surface area (Å²) in [6.07, 6.45) is 5.09. The standard InChI is InChI=1S/C18H25BrN2O3S3/c19-15-4-3-6-17(14-15)27(23,24)21-11-9-20(10-12-21)18(22)7-2-1-5-16-8-13-25-26-16/h3-4,6,14,16H,1-2,5,7-13H2. The number of rotatable bonds is 7. The second-order valence-corrected chi connectivity index (χ2v) is 12.5. The summed E-state index contributed by atoms with van der Waals surface area (Å²) in [7, 11) is 0.439. The molecule has 1 amide bonds. The molecular formula is C18H25BrN2O3S3. The molecule has 0 bridgehead atoms. The first-order valence-corrected chi connectivity index (χ1v) is 13.9. The molecule has 2 aliphatic heterocycles. The van der Waals surface area contributed by atoms with Gasteiger partial charge in [0.05, 0.1) is 4.90 Å². The fourth-order valence-corrected chi connectivity index (χ4v) is 8.37. The van der Waals surface area contributed by atoms with E-state index in [9.17, 15) is 13.2 Å². The van der Waals surface area contributed by atoms with E-state index in [1.165, 1.54) is 22.9 Å². The van der Waals surface area contributed by atoms with E-state index in [-0.39, 0.29) is 5.91 Å². The Hall–Kier alpha value is -0.220. The minimum absolute atomic E-state index is 0.156. The van der Waals surface area contributed by atoms with Crippen molar-refractivity contribution in [3.05, 3.63) is 28.7 Å². The van der Waals surface area contributed by atoms with Crippen LogP contribution < -0.4 is 0 Å². The summed E-state index contributed by atoms with van der Waals surface area (Å²) in [6, 6.07) is 6.76. The Bertz CT molecular complexity index is 746. The summed E-state index contributed by atoms with van der Waals surface area (Å²) in [4.78, 5) is 14.5. The van der Waals surface area contributed by atoms with Crippen LogP contribution in [-0.4, -0.2) is 60.7 Å². The molecule has 0 aromatic heterocycles. The van der Waals surface area contributed by atoms with Crippen LogP contribution in [0.1, 0.15) is 32.1 Å². The van der Waals surface area contributed by atoms with Gasteiger partial charge in [0, 0.05) is 48.1 Å². The predicted molar refractivity (Wildman–Crippen MR) is 116 cm³/mol. The zero-order valence-electron chi connectivity index (χ0n) is 15.2.